The number of pyridine rings is 3. The van der Waals surface area contributed by atoms with E-state index in [1.807, 2.05) is 44.2 Å². The quantitative estimate of drug-likeness (QED) is 0.278. The standard InChI is InChI=1S/C27H23N7O2/c1-15(2)7-25(35)31-18-8-17(11-28-12-18)22-10-21-24(13-30-22)33-34-26(21)23-9-20-19(16-4-6-36-14-16)3-5-29-27(20)32-23/h3-6,8-15H,7H2,1-2H3,(H,29,32)(H,31,35)(H,33,34). The first kappa shape index (κ1) is 21.7. The Labute approximate surface area is 206 Å². The highest BCUT2D eigenvalue weighted by atomic mass is 16.3. The summed E-state index contributed by atoms with van der Waals surface area (Å²) in [5, 5.41) is 12.4. The molecule has 0 bridgehead atoms. The Morgan fingerprint density at radius 3 is 2.81 bits per heavy atom. The molecule has 9 heteroatoms. The van der Waals surface area contributed by atoms with E-state index in [0.717, 1.165) is 55.7 Å². The van der Waals surface area contributed by atoms with Gasteiger partial charge < -0.3 is 14.7 Å². The minimum Gasteiger partial charge on any atom is -0.472 e. The molecule has 0 aromatic carbocycles. The molecule has 0 aliphatic heterocycles. The predicted octanol–water partition coefficient (Wildman–Crippen LogP) is 5.81. The molecule has 0 aliphatic carbocycles. The molecule has 6 heterocycles. The van der Waals surface area contributed by atoms with Gasteiger partial charge in [0.25, 0.3) is 0 Å². The molecule has 0 fully saturated rings. The maximum Gasteiger partial charge on any atom is 0.224 e. The van der Waals surface area contributed by atoms with Crippen LogP contribution in [0.4, 0.5) is 5.69 Å². The zero-order chi connectivity index (χ0) is 24.6. The number of rotatable bonds is 6. The van der Waals surface area contributed by atoms with Gasteiger partial charge in [0.05, 0.1) is 47.5 Å². The number of carbonyl (C=O) groups excluding carboxylic acids is 1. The van der Waals surface area contributed by atoms with Crippen LogP contribution in [-0.4, -0.2) is 36.0 Å². The van der Waals surface area contributed by atoms with Crippen molar-refractivity contribution in [1.82, 2.24) is 30.1 Å². The number of aromatic amines is 2. The van der Waals surface area contributed by atoms with Crippen molar-refractivity contribution in [1.29, 1.82) is 0 Å². The van der Waals surface area contributed by atoms with Crippen LogP contribution < -0.4 is 5.32 Å². The van der Waals surface area contributed by atoms with E-state index in [1.165, 1.54) is 0 Å². The Morgan fingerprint density at radius 2 is 1.97 bits per heavy atom. The van der Waals surface area contributed by atoms with Gasteiger partial charge in [-0.25, -0.2) is 4.98 Å². The average molecular weight is 478 g/mol. The number of fused-ring (bicyclic) bond motifs is 2. The molecule has 9 nitrogen and oxygen atoms in total. The normalized spacial score (nSPS) is 11.5. The van der Waals surface area contributed by atoms with Crippen LogP contribution in [0.15, 0.2) is 72.1 Å². The van der Waals surface area contributed by atoms with E-state index in [2.05, 4.69) is 35.5 Å². The third kappa shape index (κ3) is 4.00. The molecule has 0 atom stereocenters. The summed E-state index contributed by atoms with van der Waals surface area (Å²) in [5.41, 5.74) is 7.36. The molecule has 0 spiro atoms. The second kappa shape index (κ2) is 8.77. The van der Waals surface area contributed by atoms with Crippen molar-refractivity contribution >= 4 is 33.5 Å². The Balaban J connectivity index is 1.38. The summed E-state index contributed by atoms with van der Waals surface area (Å²) in [6, 6.07) is 9.79. The van der Waals surface area contributed by atoms with E-state index in [0.29, 0.717) is 12.1 Å². The van der Waals surface area contributed by atoms with Crippen LogP contribution in [0, 0.1) is 5.92 Å². The molecule has 0 saturated carbocycles. The summed E-state index contributed by atoms with van der Waals surface area (Å²) in [7, 11) is 0. The van der Waals surface area contributed by atoms with Crippen molar-refractivity contribution in [3.63, 3.8) is 0 Å². The van der Waals surface area contributed by atoms with Gasteiger partial charge in [-0.1, -0.05) is 13.8 Å². The fourth-order valence-electron chi connectivity index (χ4n) is 4.34. The second-order valence-corrected chi connectivity index (χ2v) is 9.11. The molecular formula is C27H23N7O2. The van der Waals surface area contributed by atoms with Crippen LogP contribution >= 0.6 is 0 Å². The number of carbonyl (C=O) groups is 1. The average Bonchev–Trinajstić information content (AvgIpc) is 3.62. The van der Waals surface area contributed by atoms with Crippen LogP contribution in [0.5, 0.6) is 0 Å². The van der Waals surface area contributed by atoms with Crippen molar-refractivity contribution in [2.45, 2.75) is 20.3 Å². The van der Waals surface area contributed by atoms with Gasteiger partial charge in [0.2, 0.25) is 5.91 Å². The largest absolute Gasteiger partial charge is 0.472 e. The fourth-order valence-corrected chi connectivity index (χ4v) is 4.34. The zero-order valence-electron chi connectivity index (χ0n) is 19.7. The molecule has 3 N–H and O–H groups in total. The Bertz CT molecular complexity index is 1700. The van der Waals surface area contributed by atoms with Crippen molar-refractivity contribution in [3.05, 3.63) is 67.6 Å². The van der Waals surface area contributed by atoms with Gasteiger partial charge in [-0.3, -0.25) is 19.9 Å². The minimum absolute atomic E-state index is 0.0355. The van der Waals surface area contributed by atoms with Crippen molar-refractivity contribution in [2.75, 3.05) is 5.32 Å². The summed E-state index contributed by atoms with van der Waals surface area (Å²) in [4.78, 5) is 29.0. The maximum absolute atomic E-state index is 12.2. The van der Waals surface area contributed by atoms with Gasteiger partial charge >= 0.3 is 0 Å². The van der Waals surface area contributed by atoms with Crippen LogP contribution in [0.3, 0.4) is 0 Å². The number of aromatic nitrogens is 6. The highest BCUT2D eigenvalue weighted by Gasteiger charge is 2.16. The summed E-state index contributed by atoms with van der Waals surface area (Å²) < 4.78 is 5.27. The summed E-state index contributed by atoms with van der Waals surface area (Å²) >= 11 is 0. The Kier molecular flexibility index (Phi) is 5.29. The van der Waals surface area contributed by atoms with Crippen LogP contribution in [0.2, 0.25) is 0 Å². The molecule has 1 amide bonds. The summed E-state index contributed by atoms with van der Waals surface area (Å²) in [5.74, 6) is 0.243. The molecule has 36 heavy (non-hydrogen) atoms. The lowest BCUT2D eigenvalue weighted by molar-refractivity contribution is -0.116. The number of hydrogen-bond donors (Lipinski definition) is 3. The lowest BCUT2D eigenvalue weighted by Gasteiger charge is -2.08. The lowest BCUT2D eigenvalue weighted by atomic mass is 10.1. The molecule has 178 valence electrons. The predicted molar refractivity (Wildman–Crippen MR) is 138 cm³/mol. The number of nitrogens with zero attached hydrogens (tertiary/aromatic N) is 4. The topological polar surface area (TPSA) is 125 Å². The Morgan fingerprint density at radius 1 is 1.06 bits per heavy atom. The van der Waals surface area contributed by atoms with E-state index in [4.69, 9.17) is 4.42 Å². The fraction of sp³-hybridized carbons (Fsp3) is 0.148. The number of amides is 1. The van der Waals surface area contributed by atoms with Crippen molar-refractivity contribution in [2.24, 2.45) is 5.92 Å². The molecule has 6 aromatic rings. The lowest BCUT2D eigenvalue weighted by Crippen LogP contribution is -2.13. The SMILES string of the molecule is CC(C)CC(=O)Nc1cncc(-c2cc3c(-c4cc5c(-c6ccoc6)ccnc5[nH]4)n[nH]c3cn2)c1. The smallest absolute Gasteiger partial charge is 0.224 e. The van der Waals surface area contributed by atoms with Crippen molar-refractivity contribution in [3.8, 4) is 33.8 Å². The highest BCUT2D eigenvalue weighted by Crippen LogP contribution is 2.34. The van der Waals surface area contributed by atoms with E-state index in [1.54, 1.807) is 37.3 Å². The Hall–Kier alpha value is -4.79. The van der Waals surface area contributed by atoms with Gasteiger partial charge in [-0.2, -0.15) is 5.10 Å². The number of anilines is 1. The van der Waals surface area contributed by atoms with E-state index < -0.39 is 0 Å². The monoisotopic (exact) mass is 477 g/mol. The molecule has 0 radical (unpaired) electrons. The minimum atomic E-state index is -0.0355. The third-order valence-electron chi connectivity index (χ3n) is 5.98. The van der Waals surface area contributed by atoms with E-state index >= 15 is 0 Å². The third-order valence-corrected chi connectivity index (χ3v) is 5.98. The molecule has 6 rings (SSSR count). The van der Waals surface area contributed by atoms with Crippen LogP contribution in [-0.2, 0) is 4.79 Å². The van der Waals surface area contributed by atoms with Gasteiger partial charge in [-0.05, 0) is 41.8 Å². The number of H-pyrrole nitrogens is 2. The van der Waals surface area contributed by atoms with Gasteiger partial charge in [0.1, 0.15) is 11.3 Å². The first-order chi connectivity index (χ1) is 17.5. The first-order valence-corrected chi connectivity index (χ1v) is 11.7. The van der Waals surface area contributed by atoms with Gasteiger partial charge in [0.15, 0.2) is 0 Å². The van der Waals surface area contributed by atoms with Crippen molar-refractivity contribution < 1.29 is 9.21 Å². The molecule has 0 saturated heterocycles. The van der Waals surface area contributed by atoms with Gasteiger partial charge in [-0.15, -0.1) is 0 Å². The summed E-state index contributed by atoms with van der Waals surface area (Å²) in [6.07, 6.45) is 10.7. The van der Waals surface area contributed by atoms with Crippen LogP contribution in [0.1, 0.15) is 20.3 Å². The molecule has 0 aliphatic rings. The molecule has 0 unspecified atom stereocenters. The molecule has 6 aromatic heterocycles. The molecular weight excluding hydrogens is 454 g/mol. The van der Waals surface area contributed by atoms with E-state index in [9.17, 15) is 4.79 Å². The summed E-state index contributed by atoms with van der Waals surface area (Å²) in [6.45, 7) is 4.02. The van der Waals surface area contributed by atoms with E-state index in [-0.39, 0.29) is 11.8 Å². The zero-order valence-corrected chi connectivity index (χ0v) is 19.7. The number of nitrogens with one attached hydrogen (secondary N) is 3. The van der Waals surface area contributed by atoms with Gasteiger partial charge in [0, 0.05) is 40.7 Å². The number of furan rings is 1. The first-order valence-electron chi connectivity index (χ1n) is 11.7. The second-order valence-electron chi connectivity index (χ2n) is 9.11. The maximum atomic E-state index is 12.2. The number of hydrogen-bond acceptors (Lipinski definition) is 6. The van der Waals surface area contributed by atoms with Crippen LogP contribution in [0.25, 0.3) is 55.7 Å². The highest BCUT2D eigenvalue weighted by molar-refractivity contribution is 6.00.